The summed E-state index contributed by atoms with van der Waals surface area (Å²) in [6, 6.07) is 6.28. The molecule has 0 heterocycles. The zero-order valence-electron chi connectivity index (χ0n) is 14.0. The molecule has 1 aromatic rings. The number of nitrogens with zero attached hydrogens (tertiary/aromatic N) is 1. The van der Waals surface area contributed by atoms with Crippen molar-refractivity contribution < 1.29 is 13.2 Å². The molecular formula is C15H26ClN3O3S. The largest absolute Gasteiger partial charge is 0.350 e. The van der Waals surface area contributed by atoms with Crippen molar-refractivity contribution in [3.05, 3.63) is 29.8 Å². The number of likely N-dealkylation sites (N-methyl/N-ethyl adjacent to an activating group) is 1. The van der Waals surface area contributed by atoms with Gasteiger partial charge in [0.15, 0.2) is 0 Å². The Morgan fingerprint density at radius 2 is 1.87 bits per heavy atom. The zero-order chi connectivity index (χ0) is 16.8. The molecule has 1 unspecified atom stereocenters. The molecule has 1 amide bonds. The molecule has 0 saturated carbocycles. The van der Waals surface area contributed by atoms with Gasteiger partial charge in [0.2, 0.25) is 10.0 Å². The van der Waals surface area contributed by atoms with E-state index < -0.39 is 10.0 Å². The first-order valence-corrected chi connectivity index (χ1v) is 8.86. The fourth-order valence-corrected chi connectivity index (χ4v) is 3.46. The number of halogens is 1. The molecule has 0 radical (unpaired) electrons. The Morgan fingerprint density at radius 1 is 1.26 bits per heavy atom. The molecule has 0 aromatic heterocycles. The lowest BCUT2D eigenvalue weighted by molar-refractivity contribution is 0.0950. The van der Waals surface area contributed by atoms with E-state index in [-0.39, 0.29) is 29.3 Å². The minimum atomic E-state index is -3.55. The number of benzene rings is 1. The van der Waals surface area contributed by atoms with Gasteiger partial charge in [0.1, 0.15) is 0 Å². The van der Waals surface area contributed by atoms with E-state index in [1.165, 1.54) is 16.4 Å². The van der Waals surface area contributed by atoms with Gasteiger partial charge < -0.3 is 10.6 Å². The van der Waals surface area contributed by atoms with Crippen LogP contribution in [-0.4, -0.2) is 51.4 Å². The molecule has 0 aliphatic rings. The Bertz CT molecular complexity index is 604. The van der Waals surface area contributed by atoms with E-state index in [0.29, 0.717) is 25.2 Å². The summed E-state index contributed by atoms with van der Waals surface area (Å²) in [5.74, 6) is -0.279. The van der Waals surface area contributed by atoms with Crippen LogP contribution in [0.2, 0.25) is 0 Å². The monoisotopic (exact) mass is 363 g/mol. The summed E-state index contributed by atoms with van der Waals surface area (Å²) < 4.78 is 26.3. The highest BCUT2D eigenvalue weighted by Crippen LogP contribution is 2.16. The Labute approximate surface area is 145 Å². The minimum absolute atomic E-state index is 0. The van der Waals surface area contributed by atoms with Crippen molar-refractivity contribution in [3.8, 4) is 0 Å². The number of nitrogens with one attached hydrogen (secondary N) is 2. The van der Waals surface area contributed by atoms with E-state index >= 15 is 0 Å². The maximum absolute atomic E-state index is 12.5. The van der Waals surface area contributed by atoms with E-state index in [2.05, 4.69) is 10.6 Å². The van der Waals surface area contributed by atoms with Gasteiger partial charge in [-0.1, -0.05) is 19.9 Å². The van der Waals surface area contributed by atoms with E-state index in [1.54, 1.807) is 26.0 Å². The maximum atomic E-state index is 12.5. The van der Waals surface area contributed by atoms with Gasteiger partial charge in [-0.25, -0.2) is 8.42 Å². The van der Waals surface area contributed by atoms with Gasteiger partial charge in [0.05, 0.1) is 4.90 Å². The average molecular weight is 364 g/mol. The van der Waals surface area contributed by atoms with Crippen molar-refractivity contribution in [2.45, 2.75) is 31.7 Å². The van der Waals surface area contributed by atoms with Crippen molar-refractivity contribution in [2.75, 3.05) is 26.7 Å². The highest BCUT2D eigenvalue weighted by atomic mass is 35.5. The molecule has 6 nitrogen and oxygen atoms in total. The topological polar surface area (TPSA) is 78.5 Å². The number of hydrogen-bond donors (Lipinski definition) is 2. The zero-order valence-corrected chi connectivity index (χ0v) is 15.6. The van der Waals surface area contributed by atoms with Crippen LogP contribution in [0.15, 0.2) is 29.2 Å². The van der Waals surface area contributed by atoms with Crippen molar-refractivity contribution in [1.82, 2.24) is 14.9 Å². The number of hydrogen-bond acceptors (Lipinski definition) is 4. The van der Waals surface area contributed by atoms with Gasteiger partial charge in [-0.15, -0.1) is 12.4 Å². The molecule has 0 aliphatic carbocycles. The summed E-state index contributed by atoms with van der Waals surface area (Å²) in [6.07, 6.45) is 0. The van der Waals surface area contributed by atoms with Crippen LogP contribution in [0.4, 0.5) is 0 Å². The molecule has 0 fully saturated rings. The number of sulfonamides is 1. The Morgan fingerprint density at radius 3 is 2.39 bits per heavy atom. The van der Waals surface area contributed by atoms with Crippen LogP contribution < -0.4 is 10.6 Å². The second kappa shape index (κ2) is 9.87. The first-order valence-electron chi connectivity index (χ1n) is 7.42. The highest BCUT2D eigenvalue weighted by Gasteiger charge is 2.22. The number of rotatable bonds is 8. The number of carbonyl (C=O) groups is 1. The van der Waals surface area contributed by atoms with Gasteiger partial charge in [-0.3, -0.25) is 4.79 Å². The lowest BCUT2D eigenvalue weighted by atomic mass is 10.2. The molecule has 0 aliphatic heterocycles. The van der Waals surface area contributed by atoms with E-state index in [0.717, 1.165) is 0 Å². The summed E-state index contributed by atoms with van der Waals surface area (Å²) in [5, 5.41) is 5.80. The van der Waals surface area contributed by atoms with Crippen LogP contribution in [0, 0.1) is 0 Å². The Kier molecular flexibility index (Phi) is 9.38. The van der Waals surface area contributed by atoms with Gasteiger partial charge in [0.25, 0.3) is 5.91 Å². The summed E-state index contributed by atoms with van der Waals surface area (Å²) in [4.78, 5) is 12.2. The molecule has 8 heteroatoms. The fraction of sp³-hybridized carbons (Fsp3) is 0.533. The third-order valence-electron chi connectivity index (χ3n) is 3.50. The van der Waals surface area contributed by atoms with Crippen LogP contribution in [-0.2, 0) is 10.0 Å². The quantitative estimate of drug-likeness (QED) is 0.733. The molecule has 23 heavy (non-hydrogen) atoms. The predicted molar refractivity (Wildman–Crippen MR) is 94.7 cm³/mol. The highest BCUT2D eigenvalue weighted by molar-refractivity contribution is 7.89. The van der Waals surface area contributed by atoms with E-state index in [9.17, 15) is 13.2 Å². The van der Waals surface area contributed by atoms with Crippen LogP contribution in [0.5, 0.6) is 0 Å². The molecule has 0 saturated heterocycles. The molecule has 0 bridgehead atoms. The molecule has 1 atom stereocenters. The summed E-state index contributed by atoms with van der Waals surface area (Å²) in [7, 11) is -1.74. The van der Waals surface area contributed by atoms with Crippen LogP contribution in [0.3, 0.4) is 0 Å². The second-order valence-corrected chi connectivity index (χ2v) is 6.95. The van der Waals surface area contributed by atoms with Gasteiger partial charge in [-0.2, -0.15) is 4.31 Å². The van der Waals surface area contributed by atoms with Crippen molar-refractivity contribution in [3.63, 3.8) is 0 Å². The smallest absolute Gasteiger partial charge is 0.251 e. The molecule has 1 aromatic carbocycles. The second-order valence-electron chi connectivity index (χ2n) is 5.02. The molecule has 0 spiro atoms. The summed E-state index contributed by atoms with van der Waals surface area (Å²) in [6.45, 7) is 6.79. The fourth-order valence-electron chi connectivity index (χ4n) is 1.96. The first kappa shape index (κ1) is 21.9. The Balaban J connectivity index is 0.00000484. The van der Waals surface area contributed by atoms with Gasteiger partial charge >= 0.3 is 0 Å². The van der Waals surface area contributed by atoms with Crippen LogP contribution in [0.1, 0.15) is 31.1 Å². The molecule has 132 valence electrons. The van der Waals surface area contributed by atoms with Crippen molar-refractivity contribution in [2.24, 2.45) is 0 Å². The van der Waals surface area contributed by atoms with Crippen molar-refractivity contribution in [1.29, 1.82) is 0 Å². The van der Waals surface area contributed by atoms with E-state index in [4.69, 9.17) is 0 Å². The lowest BCUT2D eigenvalue weighted by Gasteiger charge is -2.18. The third-order valence-corrected chi connectivity index (χ3v) is 5.55. The molecule has 2 N–H and O–H groups in total. The Hall–Kier alpha value is -1.15. The third kappa shape index (κ3) is 5.76. The van der Waals surface area contributed by atoms with Crippen LogP contribution >= 0.6 is 12.4 Å². The number of amides is 1. The van der Waals surface area contributed by atoms with Gasteiger partial charge in [0, 0.05) is 31.2 Å². The van der Waals surface area contributed by atoms with Gasteiger partial charge in [-0.05, 0) is 32.2 Å². The number of carbonyl (C=O) groups excluding carboxylic acids is 1. The maximum Gasteiger partial charge on any atom is 0.251 e. The minimum Gasteiger partial charge on any atom is -0.350 e. The SMILES string of the molecule is CCN(CC)S(=O)(=O)c1cccc(C(=O)NCC(C)NC)c1.Cl. The van der Waals surface area contributed by atoms with Crippen LogP contribution in [0.25, 0.3) is 0 Å². The normalized spacial score (nSPS) is 12.6. The first-order chi connectivity index (χ1) is 10.4. The summed E-state index contributed by atoms with van der Waals surface area (Å²) in [5.41, 5.74) is 0.344. The summed E-state index contributed by atoms with van der Waals surface area (Å²) >= 11 is 0. The van der Waals surface area contributed by atoms with Crippen molar-refractivity contribution >= 4 is 28.3 Å². The molecular weight excluding hydrogens is 338 g/mol. The molecule has 1 rings (SSSR count). The lowest BCUT2D eigenvalue weighted by Crippen LogP contribution is -2.37. The standard InChI is InChI=1S/C15H25N3O3S.ClH/c1-5-18(6-2)22(20,21)14-9-7-8-13(10-14)15(19)17-11-12(3)16-4;/h7-10,12,16H,5-6,11H2,1-4H3,(H,17,19);1H. The predicted octanol–water partition coefficient (Wildman–Crippen LogP) is 1.48. The average Bonchev–Trinajstić information content (AvgIpc) is 2.53. The van der Waals surface area contributed by atoms with E-state index in [1.807, 2.05) is 14.0 Å².